The molecule has 0 unspecified atom stereocenters. The molecular weight excluding hydrogens is 787 g/mol. The molecular formula is C39H53N9O8S2. The quantitative estimate of drug-likeness (QED) is 0.140. The molecule has 314 valence electrons. The van der Waals surface area contributed by atoms with Crippen LogP contribution in [-0.2, 0) is 29.6 Å². The van der Waals surface area contributed by atoms with E-state index in [1.807, 2.05) is 64.1 Å². The fourth-order valence-electron chi connectivity index (χ4n) is 7.70. The number of hydrogen-bond acceptors (Lipinski definition) is 13. The van der Waals surface area contributed by atoms with Gasteiger partial charge in [0.25, 0.3) is 0 Å². The lowest BCUT2D eigenvalue weighted by Crippen LogP contribution is -2.42. The number of hydrogen-bond donors (Lipinski definition) is 5. The van der Waals surface area contributed by atoms with Crippen molar-refractivity contribution in [3.05, 3.63) is 59.3 Å². The highest BCUT2D eigenvalue weighted by Crippen LogP contribution is 2.35. The number of aromatic nitrogens is 2. The summed E-state index contributed by atoms with van der Waals surface area (Å²) in [6.07, 6.45) is 6.11. The van der Waals surface area contributed by atoms with E-state index >= 15 is 0 Å². The van der Waals surface area contributed by atoms with E-state index in [0.717, 1.165) is 63.6 Å². The number of amides is 2. The van der Waals surface area contributed by atoms with E-state index in [4.69, 9.17) is 14.8 Å². The molecule has 3 saturated heterocycles. The molecule has 2 amide bonds. The maximum absolute atomic E-state index is 12.8. The van der Waals surface area contributed by atoms with Gasteiger partial charge in [-0.05, 0) is 95.2 Å². The topological polar surface area (TPSA) is 235 Å². The first-order valence-corrected chi connectivity index (χ1v) is 23.0. The van der Waals surface area contributed by atoms with Crippen LogP contribution in [0.3, 0.4) is 0 Å². The van der Waals surface area contributed by atoms with Crippen molar-refractivity contribution in [3.8, 4) is 22.3 Å². The largest absolute Gasteiger partial charge is 0.397 e. The van der Waals surface area contributed by atoms with Crippen LogP contribution in [0.2, 0.25) is 0 Å². The van der Waals surface area contributed by atoms with Crippen molar-refractivity contribution < 1.29 is 35.5 Å². The standard InChI is InChI=1S/C22H29N5O5S.C17H24N4O3S/c1-13-21(14(2)32-26-13)15-4-5-17(23-16-8-10-27(11-9-16)33(3,30)31)19(12-15)25-22(29)18-6-7-20(28)24-18;1-11-17(12(2)24-20-11)13-4-5-16(15(18)10-13)19-14-6-8-21(9-7-14)25(3,22)23/h4-5,12,16,18,23H,6-11H2,1-3H3,(H,24,28)(H,25,29);4-5,10,14,19H,6-9,18H2,1-3H3/t18-;/m0./s1. The molecule has 4 aromatic rings. The number of carbonyl (C=O) groups is 2. The summed E-state index contributed by atoms with van der Waals surface area (Å²) in [5.41, 5.74) is 14.3. The number of carbonyl (C=O) groups excluding carboxylic acids is 2. The molecule has 2 aromatic heterocycles. The molecule has 7 rings (SSSR count). The average Bonchev–Trinajstić information content (AvgIpc) is 3.86. The van der Waals surface area contributed by atoms with Crippen LogP contribution in [0.5, 0.6) is 0 Å². The Hall–Kier alpha value is -4.98. The van der Waals surface area contributed by atoms with Crippen molar-refractivity contribution in [2.45, 2.75) is 84.3 Å². The van der Waals surface area contributed by atoms with Crippen molar-refractivity contribution in [2.75, 3.05) is 60.4 Å². The van der Waals surface area contributed by atoms with Gasteiger partial charge in [0.1, 0.15) is 17.6 Å². The molecule has 17 nitrogen and oxygen atoms in total. The van der Waals surface area contributed by atoms with Crippen molar-refractivity contribution >= 4 is 54.6 Å². The Morgan fingerprint density at radius 1 is 0.724 bits per heavy atom. The molecule has 58 heavy (non-hydrogen) atoms. The first-order chi connectivity index (χ1) is 27.4. The molecule has 5 heterocycles. The van der Waals surface area contributed by atoms with Gasteiger partial charge in [0.05, 0.1) is 46.6 Å². The number of nitrogens with zero attached hydrogens (tertiary/aromatic N) is 4. The van der Waals surface area contributed by atoms with Crippen LogP contribution in [0.4, 0.5) is 22.7 Å². The molecule has 1 atom stereocenters. The third-order valence-electron chi connectivity index (χ3n) is 10.9. The molecule has 0 spiro atoms. The van der Waals surface area contributed by atoms with E-state index in [0.29, 0.717) is 69.0 Å². The zero-order valence-electron chi connectivity index (χ0n) is 33.7. The Labute approximate surface area is 339 Å². The predicted octanol–water partition coefficient (Wildman–Crippen LogP) is 4.39. The van der Waals surface area contributed by atoms with Gasteiger partial charge in [-0.15, -0.1) is 0 Å². The molecule has 0 aliphatic carbocycles. The number of anilines is 4. The van der Waals surface area contributed by atoms with Gasteiger partial charge in [-0.3, -0.25) is 9.59 Å². The maximum atomic E-state index is 12.8. The summed E-state index contributed by atoms with van der Waals surface area (Å²) < 4.78 is 60.3. The molecule has 0 bridgehead atoms. The van der Waals surface area contributed by atoms with Gasteiger partial charge in [-0.2, -0.15) is 0 Å². The number of piperidine rings is 2. The SMILES string of the molecule is Cc1noc(C)c1-c1ccc(NC2CCN(S(C)(=O)=O)CC2)c(N)c1.Cc1noc(C)c1-c1ccc(NC2CCN(S(C)(=O)=O)CC2)c(NC(=O)[C@@H]2CCC(=O)N2)c1. The van der Waals surface area contributed by atoms with Crippen molar-refractivity contribution in [1.82, 2.24) is 24.2 Å². The third kappa shape index (κ3) is 10.2. The normalized spacial score (nSPS) is 18.7. The lowest BCUT2D eigenvalue weighted by Gasteiger charge is -2.31. The second kappa shape index (κ2) is 17.5. The highest BCUT2D eigenvalue weighted by molar-refractivity contribution is 7.88. The molecule has 3 fully saturated rings. The lowest BCUT2D eigenvalue weighted by molar-refractivity contribution is -0.122. The minimum atomic E-state index is -3.20. The summed E-state index contributed by atoms with van der Waals surface area (Å²) in [5, 5.41) is 20.6. The van der Waals surface area contributed by atoms with Gasteiger partial charge in [0.15, 0.2) is 0 Å². The second-order valence-electron chi connectivity index (χ2n) is 15.3. The van der Waals surface area contributed by atoms with Crippen molar-refractivity contribution in [2.24, 2.45) is 0 Å². The van der Waals surface area contributed by atoms with Gasteiger partial charge in [-0.25, -0.2) is 25.4 Å². The molecule has 6 N–H and O–H groups in total. The van der Waals surface area contributed by atoms with Crippen molar-refractivity contribution in [1.29, 1.82) is 0 Å². The van der Waals surface area contributed by atoms with E-state index in [9.17, 15) is 26.4 Å². The summed E-state index contributed by atoms with van der Waals surface area (Å²) in [6.45, 7) is 9.45. The fraction of sp³-hybridized carbons (Fsp3) is 0.487. The van der Waals surface area contributed by atoms with Gasteiger partial charge in [0.2, 0.25) is 31.9 Å². The number of nitrogens with one attached hydrogen (secondary N) is 4. The number of nitrogen functional groups attached to an aromatic ring is 1. The minimum Gasteiger partial charge on any atom is -0.397 e. The van der Waals surface area contributed by atoms with Crippen LogP contribution >= 0.6 is 0 Å². The second-order valence-corrected chi connectivity index (χ2v) is 19.2. The average molecular weight is 840 g/mol. The Balaban J connectivity index is 0.000000203. The first-order valence-electron chi connectivity index (χ1n) is 19.3. The Morgan fingerprint density at radius 2 is 1.19 bits per heavy atom. The van der Waals surface area contributed by atoms with Gasteiger partial charge < -0.3 is 36.0 Å². The predicted molar refractivity (Wildman–Crippen MR) is 223 cm³/mol. The zero-order chi connectivity index (χ0) is 41.9. The zero-order valence-corrected chi connectivity index (χ0v) is 35.3. The van der Waals surface area contributed by atoms with Gasteiger partial charge >= 0.3 is 0 Å². The fourth-order valence-corrected chi connectivity index (χ4v) is 9.45. The van der Waals surface area contributed by atoms with E-state index < -0.39 is 26.1 Å². The molecule has 3 aliphatic heterocycles. The van der Waals surface area contributed by atoms with Gasteiger partial charge in [-0.1, -0.05) is 22.4 Å². The van der Waals surface area contributed by atoms with Crippen LogP contribution in [-0.4, -0.2) is 104 Å². The van der Waals surface area contributed by atoms with Crippen LogP contribution in [0.15, 0.2) is 45.4 Å². The van der Waals surface area contributed by atoms with Crippen molar-refractivity contribution in [3.63, 3.8) is 0 Å². The highest BCUT2D eigenvalue weighted by atomic mass is 32.2. The summed E-state index contributed by atoms with van der Waals surface area (Å²) in [7, 11) is -6.30. The van der Waals surface area contributed by atoms with E-state index in [1.165, 1.54) is 21.1 Å². The summed E-state index contributed by atoms with van der Waals surface area (Å²) in [5.74, 6) is 1.05. The monoisotopic (exact) mass is 839 g/mol. The molecule has 0 saturated carbocycles. The Kier molecular flexibility index (Phi) is 12.8. The number of aryl methyl sites for hydroxylation is 4. The summed E-state index contributed by atoms with van der Waals surface area (Å²) >= 11 is 0. The molecule has 3 aliphatic rings. The van der Waals surface area contributed by atoms with E-state index in [2.05, 4.69) is 31.6 Å². The number of benzene rings is 2. The third-order valence-corrected chi connectivity index (χ3v) is 13.5. The number of sulfonamides is 2. The molecule has 2 aromatic carbocycles. The number of nitrogens with two attached hydrogens (primary N) is 1. The summed E-state index contributed by atoms with van der Waals surface area (Å²) in [6, 6.07) is 11.3. The Morgan fingerprint density at radius 3 is 1.60 bits per heavy atom. The molecule has 19 heteroatoms. The van der Waals surface area contributed by atoms with Gasteiger partial charge in [0, 0.05) is 55.8 Å². The van der Waals surface area contributed by atoms with Crippen LogP contribution in [0, 0.1) is 27.7 Å². The summed E-state index contributed by atoms with van der Waals surface area (Å²) in [4.78, 5) is 24.4. The molecule has 0 radical (unpaired) electrons. The lowest BCUT2D eigenvalue weighted by atomic mass is 10.0. The van der Waals surface area contributed by atoms with E-state index in [-0.39, 0.29) is 23.9 Å². The first kappa shape index (κ1) is 42.6. The number of rotatable bonds is 10. The van der Waals surface area contributed by atoms with Crippen LogP contribution in [0.25, 0.3) is 22.3 Å². The highest BCUT2D eigenvalue weighted by Gasteiger charge is 2.30. The minimum absolute atomic E-state index is 0.0646. The van der Waals surface area contributed by atoms with E-state index in [1.54, 1.807) is 0 Å². The Bertz CT molecular complexity index is 2320. The maximum Gasteiger partial charge on any atom is 0.247 e. The smallest absolute Gasteiger partial charge is 0.247 e. The van der Waals surface area contributed by atoms with Crippen LogP contribution in [0.1, 0.15) is 61.4 Å². The van der Waals surface area contributed by atoms with Crippen LogP contribution < -0.4 is 27.0 Å².